The smallest absolute Gasteiger partial charge is 0.310 e. The van der Waals surface area contributed by atoms with Crippen LogP contribution >= 0.6 is 0 Å². The van der Waals surface area contributed by atoms with Crippen LogP contribution in [0.3, 0.4) is 0 Å². The van der Waals surface area contributed by atoms with Gasteiger partial charge >= 0.3 is 5.69 Å². The molecule has 1 aromatic carbocycles. The van der Waals surface area contributed by atoms with Crippen LogP contribution < -0.4 is 5.32 Å². The molecule has 9 heteroatoms. The number of nitro benzene ring substituents is 1. The van der Waals surface area contributed by atoms with Gasteiger partial charge in [-0.2, -0.15) is 0 Å². The molecule has 1 unspecified atom stereocenters. The van der Waals surface area contributed by atoms with Crippen molar-refractivity contribution >= 4 is 21.2 Å². The summed E-state index contributed by atoms with van der Waals surface area (Å²) in [5.41, 5.74) is -0.339. The number of nitro groups is 1. The van der Waals surface area contributed by atoms with Crippen molar-refractivity contribution in [2.24, 2.45) is 0 Å². The minimum Gasteiger partial charge on any atom is -0.382 e. The molecule has 1 atom stereocenters. The van der Waals surface area contributed by atoms with Gasteiger partial charge < -0.3 is 14.8 Å². The number of anilines is 1. The van der Waals surface area contributed by atoms with E-state index in [1.807, 2.05) is 0 Å². The van der Waals surface area contributed by atoms with Crippen molar-refractivity contribution in [3.05, 3.63) is 28.3 Å². The number of ether oxygens (including phenoxy) is 2. The monoisotopic (exact) mass is 318 g/mol. The highest BCUT2D eigenvalue weighted by Gasteiger charge is 2.26. The first kappa shape index (κ1) is 17.3. The number of sulfone groups is 1. The summed E-state index contributed by atoms with van der Waals surface area (Å²) in [6.45, 7) is 0.557. The quantitative estimate of drug-likeness (QED) is 0.564. The number of methoxy groups -OCH3 is 2. The van der Waals surface area contributed by atoms with Gasteiger partial charge in [-0.05, 0) is 12.1 Å². The van der Waals surface area contributed by atoms with Gasteiger partial charge in [-0.1, -0.05) is 6.07 Å². The molecule has 0 bridgehead atoms. The van der Waals surface area contributed by atoms with Gasteiger partial charge in [0.2, 0.25) is 0 Å². The number of rotatable bonds is 8. The van der Waals surface area contributed by atoms with E-state index in [9.17, 15) is 18.5 Å². The third-order valence-corrected chi connectivity index (χ3v) is 3.92. The van der Waals surface area contributed by atoms with Gasteiger partial charge in [-0.15, -0.1) is 0 Å². The molecule has 0 fully saturated rings. The summed E-state index contributed by atoms with van der Waals surface area (Å²) < 4.78 is 33.3. The summed E-state index contributed by atoms with van der Waals surface area (Å²) in [4.78, 5) is 10.1. The van der Waals surface area contributed by atoms with E-state index in [2.05, 4.69) is 5.32 Å². The molecule has 0 saturated heterocycles. The Morgan fingerprint density at radius 2 is 2.05 bits per heavy atom. The lowest BCUT2D eigenvalue weighted by atomic mass is 10.2. The lowest BCUT2D eigenvalue weighted by Crippen LogP contribution is -2.27. The molecular weight excluding hydrogens is 300 g/mol. The van der Waals surface area contributed by atoms with Crippen molar-refractivity contribution in [3.63, 3.8) is 0 Å². The van der Waals surface area contributed by atoms with E-state index in [1.54, 1.807) is 0 Å². The van der Waals surface area contributed by atoms with Crippen LogP contribution in [-0.2, 0) is 19.3 Å². The highest BCUT2D eigenvalue weighted by Crippen LogP contribution is 2.31. The van der Waals surface area contributed by atoms with E-state index in [4.69, 9.17) is 9.47 Å². The lowest BCUT2D eigenvalue weighted by molar-refractivity contribution is -0.386. The number of para-hydroxylation sites is 1. The zero-order chi connectivity index (χ0) is 16.0. The van der Waals surface area contributed by atoms with Crippen LogP contribution in [0.1, 0.15) is 0 Å². The second-order valence-corrected chi connectivity index (χ2v) is 6.36. The Hall–Kier alpha value is -1.71. The van der Waals surface area contributed by atoms with E-state index in [-0.39, 0.29) is 23.2 Å². The average molecular weight is 318 g/mol. The number of benzene rings is 1. The van der Waals surface area contributed by atoms with Crippen LogP contribution in [0.15, 0.2) is 23.1 Å². The van der Waals surface area contributed by atoms with Crippen molar-refractivity contribution in [2.75, 3.05) is 38.9 Å². The Balaban J connectivity index is 3.10. The Kier molecular flexibility index (Phi) is 6.06. The molecule has 0 aliphatic rings. The first-order valence-corrected chi connectivity index (χ1v) is 7.93. The molecule has 0 saturated carbocycles. The highest BCUT2D eigenvalue weighted by atomic mass is 32.2. The van der Waals surface area contributed by atoms with Crippen LogP contribution in [0.5, 0.6) is 0 Å². The molecule has 21 heavy (non-hydrogen) atoms. The third-order valence-electron chi connectivity index (χ3n) is 2.79. The molecular formula is C12H18N2O6S. The number of hydrogen-bond donors (Lipinski definition) is 1. The molecule has 0 spiro atoms. The maximum atomic E-state index is 11.6. The van der Waals surface area contributed by atoms with Crippen LogP contribution in [-0.4, -0.2) is 53.1 Å². The topological polar surface area (TPSA) is 108 Å². The van der Waals surface area contributed by atoms with Gasteiger partial charge in [0, 0.05) is 27.0 Å². The minimum atomic E-state index is -3.69. The van der Waals surface area contributed by atoms with Crippen LogP contribution in [0, 0.1) is 10.1 Å². The Morgan fingerprint density at radius 1 is 1.38 bits per heavy atom. The minimum absolute atomic E-state index is 0.126. The van der Waals surface area contributed by atoms with Crippen LogP contribution in [0.25, 0.3) is 0 Å². The normalized spacial score (nSPS) is 12.9. The van der Waals surface area contributed by atoms with Gasteiger partial charge in [0.15, 0.2) is 9.84 Å². The van der Waals surface area contributed by atoms with E-state index in [1.165, 1.54) is 32.4 Å². The molecule has 0 radical (unpaired) electrons. The standard InChI is InChI=1S/C12H18N2O6S/c1-19-8-9(20-2)7-13-10-5-4-6-11(21(3,17)18)12(10)14(15)16/h4-6,9,13H,7-8H2,1-3H3. The van der Waals surface area contributed by atoms with E-state index >= 15 is 0 Å². The average Bonchev–Trinajstić information content (AvgIpc) is 2.41. The third kappa shape index (κ3) is 4.66. The number of hydrogen-bond acceptors (Lipinski definition) is 7. The molecule has 0 aromatic heterocycles. The van der Waals surface area contributed by atoms with E-state index in [0.717, 1.165) is 6.26 Å². The molecule has 0 aliphatic carbocycles. The summed E-state index contributed by atoms with van der Waals surface area (Å²) in [6.07, 6.45) is 0.624. The van der Waals surface area contributed by atoms with Gasteiger partial charge in [-0.3, -0.25) is 10.1 Å². The SMILES string of the molecule is COCC(CNc1cccc(S(C)(=O)=O)c1[N+](=O)[O-])OC. The van der Waals surface area contributed by atoms with Crippen molar-refractivity contribution in [2.45, 2.75) is 11.0 Å². The number of nitrogens with zero attached hydrogens (tertiary/aromatic N) is 1. The molecule has 1 aromatic rings. The van der Waals surface area contributed by atoms with Crippen molar-refractivity contribution in [1.82, 2.24) is 0 Å². The fraction of sp³-hybridized carbons (Fsp3) is 0.500. The zero-order valence-electron chi connectivity index (χ0n) is 12.0. The molecule has 0 aliphatic heterocycles. The Bertz CT molecular complexity index is 602. The fourth-order valence-electron chi connectivity index (χ4n) is 1.77. The largest absolute Gasteiger partial charge is 0.382 e. The summed E-state index contributed by atoms with van der Waals surface area (Å²) in [5.74, 6) is 0. The summed E-state index contributed by atoms with van der Waals surface area (Å²) in [5, 5.41) is 14.0. The van der Waals surface area contributed by atoms with Gasteiger partial charge in [0.25, 0.3) is 0 Å². The van der Waals surface area contributed by atoms with Crippen LogP contribution in [0.2, 0.25) is 0 Å². The first-order valence-electron chi connectivity index (χ1n) is 6.04. The molecule has 8 nitrogen and oxygen atoms in total. The molecule has 1 N–H and O–H groups in total. The molecule has 118 valence electrons. The summed E-state index contributed by atoms with van der Waals surface area (Å²) in [6, 6.07) is 4.11. The molecule has 1 rings (SSSR count). The fourth-order valence-corrected chi connectivity index (χ4v) is 2.63. The second-order valence-electron chi connectivity index (χ2n) is 4.38. The van der Waals surface area contributed by atoms with Gasteiger partial charge in [-0.25, -0.2) is 8.42 Å². The Morgan fingerprint density at radius 3 is 2.52 bits per heavy atom. The van der Waals surface area contributed by atoms with Gasteiger partial charge in [0.1, 0.15) is 10.6 Å². The second kappa shape index (κ2) is 7.34. The van der Waals surface area contributed by atoms with Gasteiger partial charge in [0.05, 0.1) is 17.6 Å². The van der Waals surface area contributed by atoms with E-state index < -0.39 is 20.4 Å². The maximum Gasteiger partial charge on any atom is 0.310 e. The predicted molar refractivity (Wildman–Crippen MR) is 77.4 cm³/mol. The van der Waals surface area contributed by atoms with Crippen molar-refractivity contribution in [3.8, 4) is 0 Å². The number of nitrogens with one attached hydrogen (secondary N) is 1. The van der Waals surface area contributed by atoms with Crippen molar-refractivity contribution in [1.29, 1.82) is 0 Å². The highest BCUT2D eigenvalue weighted by molar-refractivity contribution is 7.90. The van der Waals surface area contributed by atoms with Crippen LogP contribution in [0.4, 0.5) is 11.4 Å². The summed E-state index contributed by atoms with van der Waals surface area (Å²) in [7, 11) is -0.688. The maximum absolute atomic E-state index is 11.6. The van der Waals surface area contributed by atoms with E-state index in [0.29, 0.717) is 6.61 Å². The predicted octanol–water partition coefficient (Wildman–Crippen LogP) is 1.07. The molecule has 0 heterocycles. The first-order chi connectivity index (χ1) is 9.81. The zero-order valence-corrected chi connectivity index (χ0v) is 12.8. The molecule has 0 amide bonds. The van der Waals surface area contributed by atoms with Crippen molar-refractivity contribution < 1.29 is 22.8 Å². The lowest BCUT2D eigenvalue weighted by Gasteiger charge is -2.16. The summed E-state index contributed by atoms with van der Waals surface area (Å²) >= 11 is 0. The Labute approximate surface area is 123 Å².